The second kappa shape index (κ2) is 6.53. The van der Waals surface area contributed by atoms with E-state index in [0.29, 0.717) is 0 Å². The number of aryl methyl sites for hydroxylation is 1. The van der Waals surface area contributed by atoms with Crippen molar-refractivity contribution in [1.29, 1.82) is 0 Å². The molecule has 0 amide bonds. The molecule has 128 valence electrons. The van der Waals surface area contributed by atoms with Crippen LogP contribution in [0, 0.1) is 13.8 Å². The zero-order valence-corrected chi connectivity index (χ0v) is 15.0. The topological polar surface area (TPSA) is 64.0 Å². The van der Waals surface area contributed by atoms with E-state index < -0.39 is 10.0 Å². The first-order valence-electron chi connectivity index (χ1n) is 8.07. The number of hydrogen-bond donors (Lipinski definition) is 1. The van der Waals surface area contributed by atoms with E-state index in [-0.39, 0.29) is 12.0 Å². The maximum atomic E-state index is 11.4. The minimum atomic E-state index is -3.19. The molecule has 0 unspecified atom stereocenters. The van der Waals surface area contributed by atoms with Crippen LogP contribution < -0.4 is 4.72 Å². The molecule has 1 aromatic heterocycles. The Morgan fingerprint density at radius 2 is 1.92 bits per heavy atom. The highest BCUT2D eigenvalue weighted by Crippen LogP contribution is 2.33. The average molecular weight is 345 g/mol. The van der Waals surface area contributed by atoms with E-state index in [4.69, 9.17) is 5.10 Å². The molecule has 1 heterocycles. The lowest BCUT2D eigenvalue weighted by molar-refractivity contribution is 0.569. The molecule has 1 N–H and O–H groups in total. The van der Waals surface area contributed by atoms with Crippen LogP contribution in [0.15, 0.2) is 42.5 Å². The molecule has 1 aliphatic rings. The normalized spacial score (nSPS) is 20.6. The molecule has 3 rings (SSSR count). The molecule has 0 spiro atoms. The van der Waals surface area contributed by atoms with Gasteiger partial charge in [0.1, 0.15) is 0 Å². The van der Waals surface area contributed by atoms with Gasteiger partial charge in [0.25, 0.3) is 0 Å². The summed E-state index contributed by atoms with van der Waals surface area (Å²) < 4.78 is 27.5. The Balaban J connectivity index is 1.79. The minimum absolute atomic E-state index is 0.138. The molecule has 2 atom stereocenters. The van der Waals surface area contributed by atoms with E-state index in [9.17, 15) is 8.42 Å². The highest BCUT2D eigenvalue weighted by Gasteiger charge is 2.27. The number of sulfonamides is 1. The first-order valence-corrected chi connectivity index (χ1v) is 9.96. The quantitative estimate of drug-likeness (QED) is 0.847. The SMILES string of the molecule is Cc1nn(Cc2ccccc2)c(C)c1[C@H]1C=C[C@@H](NS(C)(=O)=O)C1. The van der Waals surface area contributed by atoms with E-state index in [0.717, 1.165) is 24.4 Å². The summed E-state index contributed by atoms with van der Waals surface area (Å²) in [6, 6.07) is 10.1. The van der Waals surface area contributed by atoms with Gasteiger partial charge in [-0.05, 0) is 25.8 Å². The van der Waals surface area contributed by atoms with Crippen LogP contribution in [0.25, 0.3) is 0 Å². The standard InChI is InChI=1S/C18H23N3O2S/c1-13-18(16-9-10-17(11-16)20-24(3,22)23)14(2)21(19-13)12-15-7-5-4-6-8-15/h4-10,16-17,20H,11-12H2,1-3H3/t16-,17+/m0/s1. The van der Waals surface area contributed by atoms with Gasteiger partial charge >= 0.3 is 0 Å². The van der Waals surface area contributed by atoms with Gasteiger partial charge in [0.05, 0.1) is 18.5 Å². The van der Waals surface area contributed by atoms with E-state index in [2.05, 4.69) is 29.9 Å². The lowest BCUT2D eigenvalue weighted by Gasteiger charge is -2.13. The van der Waals surface area contributed by atoms with Crippen molar-refractivity contribution < 1.29 is 8.42 Å². The van der Waals surface area contributed by atoms with Crippen LogP contribution >= 0.6 is 0 Å². The Morgan fingerprint density at radius 3 is 2.58 bits per heavy atom. The summed E-state index contributed by atoms with van der Waals surface area (Å²) in [5, 5.41) is 4.69. The van der Waals surface area contributed by atoms with Crippen LogP contribution in [0.3, 0.4) is 0 Å². The first-order chi connectivity index (χ1) is 11.3. The van der Waals surface area contributed by atoms with Crippen LogP contribution in [0.4, 0.5) is 0 Å². The Kier molecular flexibility index (Phi) is 4.60. The predicted octanol–water partition coefficient (Wildman–Crippen LogP) is 2.51. The number of hydrogen-bond acceptors (Lipinski definition) is 3. The van der Waals surface area contributed by atoms with Crippen molar-refractivity contribution in [1.82, 2.24) is 14.5 Å². The summed E-state index contributed by atoms with van der Waals surface area (Å²) in [6.07, 6.45) is 5.97. The predicted molar refractivity (Wildman–Crippen MR) is 95.5 cm³/mol. The van der Waals surface area contributed by atoms with Gasteiger partial charge in [0.15, 0.2) is 0 Å². The van der Waals surface area contributed by atoms with Crippen LogP contribution in [-0.4, -0.2) is 30.5 Å². The lowest BCUT2D eigenvalue weighted by Crippen LogP contribution is -2.31. The van der Waals surface area contributed by atoms with Crippen LogP contribution in [0.1, 0.15) is 34.9 Å². The van der Waals surface area contributed by atoms with Gasteiger partial charge in [-0.15, -0.1) is 0 Å². The molecule has 2 aromatic rings. The Bertz CT molecular complexity index is 854. The van der Waals surface area contributed by atoms with Gasteiger partial charge in [-0.25, -0.2) is 13.1 Å². The summed E-state index contributed by atoms with van der Waals surface area (Å²) in [7, 11) is -3.19. The maximum Gasteiger partial charge on any atom is 0.209 e. The third-order valence-electron chi connectivity index (χ3n) is 4.43. The van der Waals surface area contributed by atoms with Crippen LogP contribution in [0.5, 0.6) is 0 Å². The van der Waals surface area contributed by atoms with Gasteiger partial charge in [0.2, 0.25) is 10.0 Å². The molecule has 0 saturated carbocycles. The molecule has 0 bridgehead atoms. The Hall–Kier alpha value is -1.92. The maximum absolute atomic E-state index is 11.4. The number of allylic oxidation sites excluding steroid dienone is 1. The molecule has 0 fully saturated rings. The molecule has 0 radical (unpaired) electrons. The monoisotopic (exact) mass is 345 g/mol. The van der Waals surface area contributed by atoms with E-state index in [1.165, 1.54) is 17.4 Å². The molecule has 24 heavy (non-hydrogen) atoms. The van der Waals surface area contributed by atoms with Gasteiger partial charge in [-0.3, -0.25) is 4.68 Å². The first kappa shape index (κ1) is 16.9. The Labute approximate surface area is 143 Å². The summed E-state index contributed by atoms with van der Waals surface area (Å²) in [6.45, 7) is 4.85. The van der Waals surface area contributed by atoms with Crippen molar-refractivity contribution in [3.63, 3.8) is 0 Å². The third-order valence-corrected chi connectivity index (χ3v) is 5.16. The zero-order valence-electron chi connectivity index (χ0n) is 14.2. The number of nitrogens with zero attached hydrogens (tertiary/aromatic N) is 2. The highest BCUT2D eigenvalue weighted by atomic mass is 32.2. The van der Waals surface area contributed by atoms with Crippen molar-refractivity contribution >= 4 is 10.0 Å². The average Bonchev–Trinajstić information content (AvgIpc) is 3.03. The highest BCUT2D eigenvalue weighted by molar-refractivity contribution is 7.88. The molecule has 0 saturated heterocycles. The molecular weight excluding hydrogens is 322 g/mol. The fraction of sp³-hybridized carbons (Fsp3) is 0.389. The van der Waals surface area contributed by atoms with Gasteiger partial charge < -0.3 is 0 Å². The van der Waals surface area contributed by atoms with Crippen LogP contribution in [-0.2, 0) is 16.6 Å². The number of aromatic nitrogens is 2. The van der Waals surface area contributed by atoms with Crippen molar-refractivity contribution in [3.8, 4) is 0 Å². The number of rotatable bonds is 5. The van der Waals surface area contributed by atoms with Crippen molar-refractivity contribution in [2.24, 2.45) is 0 Å². The number of benzene rings is 1. The third kappa shape index (κ3) is 3.76. The smallest absolute Gasteiger partial charge is 0.209 e. The van der Waals surface area contributed by atoms with Gasteiger partial charge in [-0.2, -0.15) is 5.10 Å². The summed E-state index contributed by atoms with van der Waals surface area (Å²) in [4.78, 5) is 0. The van der Waals surface area contributed by atoms with Gasteiger partial charge in [0, 0.05) is 23.2 Å². The Morgan fingerprint density at radius 1 is 1.21 bits per heavy atom. The van der Waals surface area contributed by atoms with Crippen molar-refractivity contribution in [2.75, 3.05) is 6.26 Å². The second-order valence-corrected chi connectivity index (χ2v) is 8.23. The van der Waals surface area contributed by atoms with Crippen molar-refractivity contribution in [3.05, 3.63) is 65.0 Å². The lowest BCUT2D eigenvalue weighted by atomic mass is 9.96. The van der Waals surface area contributed by atoms with Gasteiger partial charge in [-0.1, -0.05) is 42.5 Å². The zero-order chi connectivity index (χ0) is 17.3. The molecule has 5 nitrogen and oxygen atoms in total. The second-order valence-electron chi connectivity index (χ2n) is 6.45. The number of nitrogens with one attached hydrogen (secondary N) is 1. The molecule has 6 heteroatoms. The van der Waals surface area contributed by atoms with Crippen LogP contribution in [0.2, 0.25) is 0 Å². The summed E-state index contributed by atoms with van der Waals surface area (Å²) in [5.41, 5.74) is 4.58. The molecule has 1 aromatic carbocycles. The van der Waals surface area contributed by atoms with E-state index >= 15 is 0 Å². The molecular formula is C18H23N3O2S. The van der Waals surface area contributed by atoms with E-state index in [1.807, 2.05) is 35.9 Å². The summed E-state index contributed by atoms with van der Waals surface area (Å²) in [5.74, 6) is 0.203. The largest absolute Gasteiger partial charge is 0.265 e. The minimum Gasteiger partial charge on any atom is -0.265 e. The fourth-order valence-corrected chi connectivity index (χ4v) is 4.16. The fourth-order valence-electron chi connectivity index (χ4n) is 3.43. The molecule has 0 aliphatic heterocycles. The summed E-state index contributed by atoms with van der Waals surface area (Å²) >= 11 is 0. The van der Waals surface area contributed by atoms with E-state index in [1.54, 1.807) is 0 Å². The van der Waals surface area contributed by atoms with Crippen molar-refractivity contribution in [2.45, 2.75) is 38.8 Å². The molecule has 1 aliphatic carbocycles.